The number of hydrogen-bond acceptors (Lipinski definition) is 2. The van der Waals surface area contributed by atoms with Crippen molar-refractivity contribution in [3.63, 3.8) is 0 Å². The Morgan fingerprint density at radius 2 is 1.85 bits per heavy atom. The number of aromatic amines is 1. The van der Waals surface area contributed by atoms with Gasteiger partial charge in [0.25, 0.3) is 0 Å². The third-order valence-electron chi connectivity index (χ3n) is 5.02. The lowest BCUT2D eigenvalue weighted by Gasteiger charge is -2.22. The number of benzene rings is 1. The Balaban J connectivity index is 1.63. The first-order chi connectivity index (χ1) is 12.6. The number of amides is 3. The molecular formula is C20H28N4O2. The second kappa shape index (κ2) is 8.25. The zero-order valence-electron chi connectivity index (χ0n) is 15.7. The van der Waals surface area contributed by atoms with Gasteiger partial charge >= 0.3 is 6.03 Å². The van der Waals surface area contributed by atoms with Gasteiger partial charge in [0.1, 0.15) is 0 Å². The molecule has 1 aromatic heterocycles. The lowest BCUT2D eigenvalue weighted by atomic mass is 10.1. The van der Waals surface area contributed by atoms with Gasteiger partial charge in [0.05, 0.1) is 6.42 Å². The summed E-state index contributed by atoms with van der Waals surface area (Å²) in [6.45, 7) is 7.34. The normalized spacial score (nSPS) is 15.2. The van der Waals surface area contributed by atoms with Gasteiger partial charge in [-0.25, -0.2) is 4.79 Å². The van der Waals surface area contributed by atoms with Gasteiger partial charge in [-0.05, 0) is 31.4 Å². The number of carbonyl (C=O) groups excluding carboxylic acids is 2. The number of H-pyrrole nitrogens is 1. The third kappa shape index (κ3) is 4.00. The molecule has 3 amide bonds. The van der Waals surface area contributed by atoms with Crippen LogP contribution in [-0.2, 0) is 11.2 Å². The topological polar surface area (TPSA) is 68.4 Å². The first-order valence-electron chi connectivity index (χ1n) is 9.47. The molecule has 0 atom stereocenters. The fraction of sp³-hybridized carbons (Fsp3) is 0.500. The summed E-state index contributed by atoms with van der Waals surface area (Å²) in [7, 11) is 0. The van der Waals surface area contributed by atoms with Gasteiger partial charge in [-0.1, -0.05) is 25.1 Å². The van der Waals surface area contributed by atoms with Crippen LogP contribution in [0.2, 0.25) is 0 Å². The maximum Gasteiger partial charge on any atom is 0.317 e. The van der Waals surface area contributed by atoms with E-state index in [1.54, 1.807) is 0 Å². The first kappa shape index (κ1) is 18.3. The summed E-state index contributed by atoms with van der Waals surface area (Å²) in [5.41, 5.74) is 3.20. The van der Waals surface area contributed by atoms with E-state index in [0.29, 0.717) is 39.1 Å². The lowest BCUT2D eigenvalue weighted by Crippen LogP contribution is -2.43. The smallest absolute Gasteiger partial charge is 0.317 e. The molecule has 0 spiro atoms. The van der Waals surface area contributed by atoms with Crippen molar-refractivity contribution >= 4 is 22.8 Å². The lowest BCUT2D eigenvalue weighted by molar-refractivity contribution is -0.130. The molecule has 1 aliphatic heterocycles. The second-order valence-corrected chi connectivity index (χ2v) is 6.90. The van der Waals surface area contributed by atoms with Gasteiger partial charge in [0.15, 0.2) is 0 Å². The summed E-state index contributed by atoms with van der Waals surface area (Å²) < 4.78 is 0. The van der Waals surface area contributed by atoms with Gasteiger partial charge in [-0.2, -0.15) is 0 Å². The van der Waals surface area contributed by atoms with Gasteiger partial charge in [-0.3, -0.25) is 4.79 Å². The van der Waals surface area contributed by atoms with Crippen molar-refractivity contribution in [3.8, 4) is 0 Å². The highest BCUT2D eigenvalue weighted by Gasteiger charge is 2.23. The summed E-state index contributed by atoms with van der Waals surface area (Å²) in [5.74, 6) is 0.133. The van der Waals surface area contributed by atoms with E-state index in [1.165, 1.54) is 0 Å². The van der Waals surface area contributed by atoms with E-state index in [0.717, 1.165) is 35.0 Å². The Kier molecular flexibility index (Phi) is 5.81. The van der Waals surface area contributed by atoms with E-state index in [1.807, 2.05) is 41.8 Å². The Bertz CT molecular complexity index is 783. The minimum Gasteiger partial charge on any atom is -0.358 e. The summed E-state index contributed by atoms with van der Waals surface area (Å²) in [6, 6.07) is 8.08. The van der Waals surface area contributed by atoms with Crippen LogP contribution >= 0.6 is 0 Å². The van der Waals surface area contributed by atoms with Gasteiger partial charge in [0.2, 0.25) is 5.91 Å². The Hall–Kier alpha value is -2.50. The predicted molar refractivity (Wildman–Crippen MR) is 103 cm³/mol. The number of urea groups is 1. The Morgan fingerprint density at radius 3 is 2.65 bits per heavy atom. The highest BCUT2D eigenvalue weighted by molar-refractivity contribution is 5.90. The van der Waals surface area contributed by atoms with Crippen LogP contribution < -0.4 is 5.32 Å². The highest BCUT2D eigenvalue weighted by atomic mass is 16.2. The average Bonchev–Trinajstić information content (AvgIpc) is 2.82. The third-order valence-corrected chi connectivity index (χ3v) is 5.02. The minimum atomic E-state index is -0.0198. The number of hydrogen-bond donors (Lipinski definition) is 2. The summed E-state index contributed by atoms with van der Waals surface area (Å²) >= 11 is 0. The number of carbonyl (C=O) groups is 2. The van der Waals surface area contributed by atoms with E-state index in [-0.39, 0.29) is 11.9 Å². The summed E-state index contributed by atoms with van der Waals surface area (Å²) in [4.78, 5) is 32.1. The van der Waals surface area contributed by atoms with E-state index in [9.17, 15) is 9.59 Å². The molecule has 6 heteroatoms. The van der Waals surface area contributed by atoms with Gasteiger partial charge < -0.3 is 20.1 Å². The minimum absolute atomic E-state index is 0.0198. The van der Waals surface area contributed by atoms with Crippen LogP contribution in [0.25, 0.3) is 10.9 Å². The van der Waals surface area contributed by atoms with E-state index in [4.69, 9.17) is 0 Å². The van der Waals surface area contributed by atoms with Crippen molar-refractivity contribution in [1.29, 1.82) is 0 Å². The molecule has 0 saturated carbocycles. The van der Waals surface area contributed by atoms with Crippen LogP contribution in [0, 0.1) is 6.92 Å². The molecule has 26 heavy (non-hydrogen) atoms. The number of nitrogens with one attached hydrogen (secondary N) is 2. The number of rotatable bonds is 4. The van der Waals surface area contributed by atoms with Crippen LogP contribution in [0.3, 0.4) is 0 Å². The van der Waals surface area contributed by atoms with E-state index >= 15 is 0 Å². The van der Waals surface area contributed by atoms with E-state index < -0.39 is 0 Å². The monoisotopic (exact) mass is 356 g/mol. The quantitative estimate of drug-likeness (QED) is 0.884. The predicted octanol–water partition coefficient (Wildman–Crippen LogP) is 2.67. The van der Waals surface area contributed by atoms with Crippen molar-refractivity contribution in [2.75, 3.05) is 32.7 Å². The van der Waals surface area contributed by atoms with Crippen LogP contribution in [0.4, 0.5) is 4.79 Å². The molecule has 2 aromatic rings. The second-order valence-electron chi connectivity index (χ2n) is 6.90. The molecule has 3 rings (SSSR count). The van der Waals surface area contributed by atoms with Crippen molar-refractivity contribution in [2.45, 2.75) is 33.1 Å². The summed E-state index contributed by atoms with van der Waals surface area (Å²) in [5, 5.41) is 4.04. The largest absolute Gasteiger partial charge is 0.358 e. The van der Waals surface area contributed by atoms with Crippen LogP contribution in [0.1, 0.15) is 31.0 Å². The molecule has 2 heterocycles. The maximum atomic E-state index is 12.9. The van der Waals surface area contributed by atoms with Crippen LogP contribution in [0.5, 0.6) is 0 Å². The average molecular weight is 356 g/mol. The number of para-hydroxylation sites is 1. The Morgan fingerprint density at radius 1 is 1.12 bits per heavy atom. The molecule has 0 unspecified atom stereocenters. The number of aryl methyl sites for hydroxylation is 1. The number of aromatic nitrogens is 1. The van der Waals surface area contributed by atoms with Gasteiger partial charge in [0, 0.05) is 49.3 Å². The zero-order chi connectivity index (χ0) is 18.5. The van der Waals surface area contributed by atoms with Crippen molar-refractivity contribution in [2.24, 2.45) is 0 Å². The molecule has 1 saturated heterocycles. The number of fused-ring (bicyclic) bond motifs is 1. The zero-order valence-corrected chi connectivity index (χ0v) is 15.7. The first-order valence-corrected chi connectivity index (χ1v) is 9.47. The SMILES string of the molecule is CCCNC(=O)N1CCCN(C(=O)Cc2c(C)[nH]c3ccccc23)CC1. The van der Waals surface area contributed by atoms with Crippen LogP contribution in [-0.4, -0.2) is 59.4 Å². The van der Waals surface area contributed by atoms with E-state index in [2.05, 4.69) is 16.4 Å². The molecule has 0 aliphatic carbocycles. The van der Waals surface area contributed by atoms with Crippen molar-refractivity contribution in [3.05, 3.63) is 35.5 Å². The molecule has 1 aromatic carbocycles. The maximum absolute atomic E-state index is 12.9. The fourth-order valence-corrected chi connectivity index (χ4v) is 3.54. The number of nitrogens with zero attached hydrogens (tertiary/aromatic N) is 2. The molecule has 1 aliphatic rings. The molecule has 2 N–H and O–H groups in total. The molecule has 1 fully saturated rings. The van der Waals surface area contributed by atoms with Crippen LogP contribution in [0.15, 0.2) is 24.3 Å². The molecule has 140 valence electrons. The molecule has 6 nitrogen and oxygen atoms in total. The highest BCUT2D eigenvalue weighted by Crippen LogP contribution is 2.23. The fourth-order valence-electron chi connectivity index (χ4n) is 3.54. The molecule has 0 bridgehead atoms. The van der Waals surface area contributed by atoms with Gasteiger partial charge in [-0.15, -0.1) is 0 Å². The summed E-state index contributed by atoms with van der Waals surface area (Å²) in [6.07, 6.45) is 2.14. The Labute approximate surface area is 154 Å². The van der Waals surface area contributed by atoms with Crippen molar-refractivity contribution in [1.82, 2.24) is 20.1 Å². The molecular weight excluding hydrogens is 328 g/mol. The standard InChI is InChI=1S/C20H28N4O2/c1-3-9-21-20(26)24-11-6-10-23(12-13-24)19(25)14-17-15(2)22-18-8-5-4-7-16(17)18/h4-5,7-8,22H,3,6,9-14H2,1-2H3,(H,21,26). The van der Waals surface area contributed by atoms with Crippen molar-refractivity contribution < 1.29 is 9.59 Å². The molecule has 0 radical (unpaired) electrons.